The zero-order valence-electron chi connectivity index (χ0n) is 14.2. The average molecular weight is 339 g/mol. The first-order valence-electron chi connectivity index (χ1n) is 8.70. The Hall–Kier alpha value is -1.11. The second-order valence-electron chi connectivity index (χ2n) is 5.89. The molecule has 1 atom stereocenters. The van der Waals surface area contributed by atoms with E-state index in [0.29, 0.717) is 18.5 Å². The van der Waals surface area contributed by atoms with Crippen molar-refractivity contribution in [2.75, 3.05) is 39.4 Å². The summed E-state index contributed by atoms with van der Waals surface area (Å²) in [5.74, 6) is 0.566. The largest absolute Gasteiger partial charge is 0.379 e. The number of hydrogen-bond donors (Lipinski definition) is 2. The number of hydrogen-bond acceptors (Lipinski definition) is 4. The molecule has 6 heteroatoms. The third-order valence-electron chi connectivity index (χ3n) is 4.13. The average Bonchev–Trinajstić information content (AvgIpc) is 3.10. The molecule has 0 bridgehead atoms. The van der Waals surface area contributed by atoms with Crippen LogP contribution < -0.4 is 11.1 Å². The van der Waals surface area contributed by atoms with Gasteiger partial charge in [0.15, 0.2) is 5.96 Å². The Morgan fingerprint density at radius 2 is 2.22 bits per heavy atom. The second kappa shape index (κ2) is 10.6. The summed E-state index contributed by atoms with van der Waals surface area (Å²) < 4.78 is 5.47. The van der Waals surface area contributed by atoms with E-state index in [0.717, 1.165) is 39.3 Å². The van der Waals surface area contributed by atoms with Gasteiger partial charge in [-0.1, -0.05) is 32.3 Å². The Morgan fingerprint density at radius 1 is 1.39 bits per heavy atom. The van der Waals surface area contributed by atoms with E-state index in [1.165, 1.54) is 24.1 Å². The molecular formula is C17H30N4OS. The number of nitrogens with two attached hydrogens (primary N) is 1. The van der Waals surface area contributed by atoms with Crippen LogP contribution in [0.25, 0.3) is 0 Å². The standard InChI is InChI=1S/C17H30N4OS/c1-2-3-4-5-8-19-17(18)20-14-15(16-7-6-13-23-16)21-9-11-22-12-10-21/h6-7,13,15H,2-5,8-12,14H2,1H3,(H3,18,19,20). The lowest BCUT2D eigenvalue weighted by Crippen LogP contribution is -2.40. The first-order chi connectivity index (χ1) is 11.3. The summed E-state index contributed by atoms with van der Waals surface area (Å²) in [5, 5.41) is 5.36. The molecule has 2 heterocycles. The van der Waals surface area contributed by atoms with Crippen LogP contribution in [0.1, 0.15) is 43.5 Å². The molecule has 0 aromatic carbocycles. The maximum atomic E-state index is 6.02. The van der Waals surface area contributed by atoms with Crippen LogP contribution >= 0.6 is 11.3 Å². The molecule has 0 spiro atoms. The van der Waals surface area contributed by atoms with Crippen molar-refractivity contribution in [2.24, 2.45) is 10.7 Å². The monoisotopic (exact) mass is 338 g/mol. The molecule has 1 aromatic heterocycles. The molecule has 1 unspecified atom stereocenters. The van der Waals surface area contributed by atoms with Gasteiger partial charge in [-0.15, -0.1) is 11.3 Å². The number of unbranched alkanes of at least 4 members (excludes halogenated alkanes) is 3. The number of aliphatic imine (C=N–C) groups is 1. The molecule has 3 N–H and O–H groups in total. The number of guanidine groups is 1. The van der Waals surface area contributed by atoms with Crippen LogP contribution in [-0.4, -0.2) is 50.3 Å². The summed E-state index contributed by atoms with van der Waals surface area (Å²) in [6.45, 7) is 7.36. The normalized spacial score (nSPS) is 18.0. The van der Waals surface area contributed by atoms with E-state index in [1.54, 1.807) is 11.3 Å². The van der Waals surface area contributed by atoms with Crippen LogP contribution in [0, 0.1) is 0 Å². The van der Waals surface area contributed by atoms with E-state index >= 15 is 0 Å². The van der Waals surface area contributed by atoms with Crippen LogP contribution in [0.2, 0.25) is 0 Å². The molecule has 1 aromatic rings. The highest BCUT2D eigenvalue weighted by atomic mass is 32.1. The van der Waals surface area contributed by atoms with Crippen LogP contribution in [-0.2, 0) is 4.74 Å². The highest BCUT2D eigenvalue weighted by molar-refractivity contribution is 7.10. The van der Waals surface area contributed by atoms with Gasteiger partial charge in [0.05, 0.1) is 25.8 Å². The highest BCUT2D eigenvalue weighted by Gasteiger charge is 2.23. The fourth-order valence-corrected chi connectivity index (χ4v) is 3.62. The number of thiophene rings is 1. The predicted octanol–water partition coefficient (Wildman–Crippen LogP) is 2.61. The summed E-state index contributed by atoms with van der Waals surface area (Å²) in [7, 11) is 0. The molecule has 1 aliphatic rings. The minimum atomic E-state index is 0.305. The van der Waals surface area contributed by atoms with Crippen LogP contribution in [0.3, 0.4) is 0 Å². The SMILES string of the molecule is CCCCCCNC(N)=NCC(c1cccs1)N1CCOCC1. The summed E-state index contributed by atoms with van der Waals surface area (Å²) in [6.07, 6.45) is 4.95. The van der Waals surface area contributed by atoms with Gasteiger partial charge in [0.25, 0.3) is 0 Å². The Morgan fingerprint density at radius 3 is 2.91 bits per heavy atom. The Bertz CT molecular complexity index is 443. The number of morpholine rings is 1. The van der Waals surface area contributed by atoms with Crippen molar-refractivity contribution < 1.29 is 4.74 Å². The molecule has 1 aliphatic heterocycles. The van der Waals surface area contributed by atoms with Gasteiger partial charge in [-0.2, -0.15) is 0 Å². The molecule has 0 radical (unpaired) electrons. The summed E-state index contributed by atoms with van der Waals surface area (Å²) in [6, 6.07) is 4.60. The molecule has 2 rings (SSSR count). The van der Waals surface area contributed by atoms with E-state index in [9.17, 15) is 0 Å². The zero-order chi connectivity index (χ0) is 16.3. The smallest absolute Gasteiger partial charge is 0.188 e. The summed E-state index contributed by atoms with van der Waals surface area (Å²) in [5.41, 5.74) is 6.02. The van der Waals surface area contributed by atoms with Crippen LogP contribution in [0.5, 0.6) is 0 Å². The van der Waals surface area contributed by atoms with Gasteiger partial charge in [-0.3, -0.25) is 9.89 Å². The van der Waals surface area contributed by atoms with Crippen molar-refractivity contribution in [3.8, 4) is 0 Å². The van der Waals surface area contributed by atoms with Crippen molar-refractivity contribution >= 4 is 17.3 Å². The van der Waals surface area contributed by atoms with Crippen molar-refractivity contribution in [3.63, 3.8) is 0 Å². The van der Waals surface area contributed by atoms with E-state index in [4.69, 9.17) is 10.5 Å². The Kier molecular flexibility index (Phi) is 8.42. The Balaban J connectivity index is 1.83. The molecule has 23 heavy (non-hydrogen) atoms. The molecule has 0 saturated carbocycles. The lowest BCUT2D eigenvalue weighted by molar-refractivity contribution is 0.0187. The third-order valence-corrected chi connectivity index (χ3v) is 5.10. The Labute approximate surface area is 143 Å². The highest BCUT2D eigenvalue weighted by Crippen LogP contribution is 2.26. The lowest BCUT2D eigenvalue weighted by Gasteiger charge is -2.33. The van der Waals surface area contributed by atoms with Crippen LogP contribution in [0.15, 0.2) is 22.5 Å². The quantitative estimate of drug-likeness (QED) is 0.413. The van der Waals surface area contributed by atoms with Gasteiger partial charge >= 0.3 is 0 Å². The summed E-state index contributed by atoms with van der Waals surface area (Å²) >= 11 is 1.79. The molecule has 1 saturated heterocycles. The van der Waals surface area contributed by atoms with Crippen molar-refractivity contribution in [1.29, 1.82) is 0 Å². The van der Waals surface area contributed by atoms with Gasteiger partial charge in [0.2, 0.25) is 0 Å². The molecule has 0 aliphatic carbocycles. The number of ether oxygens (including phenoxy) is 1. The topological polar surface area (TPSA) is 62.9 Å². The van der Waals surface area contributed by atoms with Gasteiger partial charge in [-0.05, 0) is 17.9 Å². The summed E-state index contributed by atoms with van der Waals surface area (Å²) in [4.78, 5) is 8.39. The fourth-order valence-electron chi connectivity index (χ4n) is 2.76. The number of rotatable bonds is 9. The first kappa shape index (κ1) is 18.2. The van der Waals surface area contributed by atoms with Gasteiger partial charge in [0.1, 0.15) is 0 Å². The molecule has 130 valence electrons. The molecule has 1 fully saturated rings. The molecule has 0 amide bonds. The van der Waals surface area contributed by atoms with E-state index in [1.807, 2.05) is 0 Å². The minimum absolute atomic E-state index is 0.305. The van der Waals surface area contributed by atoms with Gasteiger partial charge in [-0.25, -0.2) is 0 Å². The van der Waals surface area contributed by atoms with Crippen molar-refractivity contribution in [1.82, 2.24) is 10.2 Å². The molecular weight excluding hydrogens is 308 g/mol. The van der Waals surface area contributed by atoms with Crippen molar-refractivity contribution in [3.05, 3.63) is 22.4 Å². The van der Waals surface area contributed by atoms with E-state index in [-0.39, 0.29) is 0 Å². The number of nitrogens with zero attached hydrogens (tertiary/aromatic N) is 2. The fraction of sp³-hybridized carbons (Fsp3) is 0.706. The maximum Gasteiger partial charge on any atom is 0.188 e. The lowest BCUT2D eigenvalue weighted by atomic mass is 10.2. The first-order valence-corrected chi connectivity index (χ1v) is 9.58. The maximum absolute atomic E-state index is 6.02. The minimum Gasteiger partial charge on any atom is -0.379 e. The van der Waals surface area contributed by atoms with Gasteiger partial charge < -0.3 is 15.8 Å². The van der Waals surface area contributed by atoms with E-state index < -0.39 is 0 Å². The number of nitrogens with one attached hydrogen (secondary N) is 1. The van der Waals surface area contributed by atoms with E-state index in [2.05, 4.69) is 39.6 Å². The van der Waals surface area contributed by atoms with Crippen LogP contribution in [0.4, 0.5) is 0 Å². The molecule has 5 nitrogen and oxygen atoms in total. The zero-order valence-corrected chi connectivity index (χ0v) is 15.0. The van der Waals surface area contributed by atoms with Crippen molar-refractivity contribution in [2.45, 2.75) is 38.6 Å². The predicted molar refractivity (Wildman–Crippen MR) is 98.1 cm³/mol. The second-order valence-corrected chi connectivity index (χ2v) is 6.87. The third kappa shape index (κ3) is 6.49. The van der Waals surface area contributed by atoms with Gasteiger partial charge in [0, 0.05) is 24.5 Å².